The molecule has 3 aromatic rings. The predicted molar refractivity (Wildman–Crippen MR) is 214 cm³/mol. The first-order valence-corrected chi connectivity index (χ1v) is 21.5. The van der Waals surface area contributed by atoms with Crippen LogP contribution in [0.2, 0.25) is 0 Å². The summed E-state index contributed by atoms with van der Waals surface area (Å²) < 4.78 is 32.8. The summed E-state index contributed by atoms with van der Waals surface area (Å²) >= 11 is 3.62. The fourth-order valence-corrected chi connectivity index (χ4v) is 8.57. The Morgan fingerprint density at radius 1 is 0.980 bits per heavy atom. The van der Waals surface area contributed by atoms with Crippen molar-refractivity contribution in [2.24, 2.45) is 0 Å². The van der Waals surface area contributed by atoms with Gasteiger partial charge in [-0.05, 0) is 112 Å². The Kier molecular flexibility index (Phi) is 11.2. The molecule has 51 heavy (non-hydrogen) atoms. The van der Waals surface area contributed by atoms with Crippen LogP contribution in [-0.2, 0) is 20.3 Å². The average molecular weight is 783 g/mol. The molecule has 2 N–H and O–H groups in total. The number of piperazine rings is 1. The van der Waals surface area contributed by atoms with E-state index in [-0.39, 0.29) is 0 Å². The summed E-state index contributed by atoms with van der Waals surface area (Å²) in [5.41, 5.74) is 3.85. The van der Waals surface area contributed by atoms with Gasteiger partial charge in [0.25, 0.3) is 0 Å². The van der Waals surface area contributed by atoms with E-state index in [2.05, 4.69) is 72.4 Å². The average Bonchev–Trinajstić information content (AvgIpc) is 3.32. The monoisotopic (exact) mass is 781 g/mol. The number of nitrogens with one attached hydrogen (secondary N) is 2. The van der Waals surface area contributed by atoms with Crippen LogP contribution in [0.1, 0.15) is 53.0 Å². The van der Waals surface area contributed by atoms with Crippen molar-refractivity contribution >= 4 is 69.8 Å². The highest BCUT2D eigenvalue weighted by molar-refractivity contribution is 9.10. The molecule has 0 radical (unpaired) electrons. The number of ether oxygens (including phenoxy) is 1. The number of anilines is 5. The number of rotatable bonds is 10. The fourth-order valence-electron chi connectivity index (χ4n) is 7.11. The maximum atomic E-state index is 13.6. The second-order valence-electron chi connectivity index (χ2n) is 15.4. The number of methoxy groups -OCH3 is 1. The summed E-state index contributed by atoms with van der Waals surface area (Å²) in [6.45, 7) is 20.5. The molecule has 4 heterocycles. The summed E-state index contributed by atoms with van der Waals surface area (Å²) in [7, 11) is 0.633. The Hall–Kier alpha value is -2.67. The SMILES string of the molecule is CCc1cc(Nc2ncc(Br)c(Nc3ccc(B4OC(C)(C)C(C)(C)O4)cc3P(C)(C)=O)n2)c(OC)cc1N1CCC(N2CCN(C)CC2)CC1. The van der Waals surface area contributed by atoms with Gasteiger partial charge < -0.3 is 39.0 Å². The molecule has 0 spiro atoms. The van der Waals surface area contributed by atoms with Crippen LogP contribution in [-0.4, -0.2) is 111 Å². The molecule has 14 heteroatoms. The van der Waals surface area contributed by atoms with Crippen molar-refractivity contribution in [3.63, 3.8) is 0 Å². The molecule has 6 rings (SSSR count). The molecular formula is C37H54BBrN7O4P. The normalized spacial score (nSPS) is 20.1. The number of likely N-dealkylation sites (N-methyl/N-ethyl adjacent to an activating group) is 1. The van der Waals surface area contributed by atoms with Crippen molar-refractivity contribution < 1.29 is 18.6 Å². The zero-order valence-electron chi connectivity index (χ0n) is 31.7. The Morgan fingerprint density at radius 2 is 1.65 bits per heavy atom. The molecule has 0 atom stereocenters. The highest BCUT2D eigenvalue weighted by Crippen LogP contribution is 2.41. The lowest BCUT2D eigenvalue weighted by molar-refractivity contribution is 0.00578. The topological polar surface area (TPSA) is 104 Å². The van der Waals surface area contributed by atoms with E-state index in [9.17, 15) is 4.57 Å². The van der Waals surface area contributed by atoms with E-state index in [1.54, 1.807) is 26.6 Å². The van der Waals surface area contributed by atoms with E-state index in [1.807, 2.05) is 45.9 Å². The Labute approximate surface area is 312 Å². The van der Waals surface area contributed by atoms with Gasteiger partial charge in [-0.3, -0.25) is 4.90 Å². The van der Waals surface area contributed by atoms with Gasteiger partial charge in [0, 0.05) is 68.6 Å². The van der Waals surface area contributed by atoms with Crippen LogP contribution >= 0.6 is 23.1 Å². The molecule has 0 unspecified atom stereocenters. The van der Waals surface area contributed by atoms with Gasteiger partial charge in [0.05, 0.1) is 34.2 Å². The molecule has 0 bridgehead atoms. The first-order chi connectivity index (χ1) is 24.1. The summed E-state index contributed by atoms with van der Waals surface area (Å²) in [5, 5.41) is 7.52. The standard InChI is InChI=1S/C37H54BBrN7O4P/c1-10-25-21-30(32(48-7)23-31(25)46-15-13-27(14-16-46)45-19-17-44(6)18-20-45)42-35-40-24-28(39)34(43-35)41-29-12-11-26(22-33(29)51(8,9)47)38-49-36(2,3)37(4,5)50-38/h11-12,21-24,27H,10,13-20H2,1-9H3,(H2,40,41,42,43). The van der Waals surface area contributed by atoms with Gasteiger partial charge in [0.1, 0.15) is 18.7 Å². The van der Waals surface area contributed by atoms with Crippen molar-refractivity contribution in [3.05, 3.63) is 46.6 Å². The van der Waals surface area contributed by atoms with Crippen LogP contribution in [0.15, 0.2) is 41.0 Å². The van der Waals surface area contributed by atoms with Gasteiger partial charge in [0.15, 0.2) is 0 Å². The third kappa shape index (κ3) is 8.29. The molecule has 0 saturated carbocycles. The number of hydrogen-bond donors (Lipinski definition) is 2. The molecule has 2 aromatic carbocycles. The van der Waals surface area contributed by atoms with E-state index in [1.165, 1.54) is 37.2 Å². The second-order valence-corrected chi connectivity index (χ2v) is 19.5. The number of piperidine rings is 1. The second kappa shape index (κ2) is 15.0. The molecule has 3 aliphatic rings. The van der Waals surface area contributed by atoms with Crippen molar-refractivity contribution in [1.29, 1.82) is 0 Å². The van der Waals surface area contributed by atoms with E-state index >= 15 is 0 Å². The zero-order valence-corrected chi connectivity index (χ0v) is 34.2. The summed E-state index contributed by atoms with van der Waals surface area (Å²) in [6, 6.07) is 10.8. The van der Waals surface area contributed by atoms with Crippen LogP contribution in [0.4, 0.5) is 28.8 Å². The van der Waals surface area contributed by atoms with Gasteiger partial charge in [-0.2, -0.15) is 4.98 Å². The van der Waals surface area contributed by atoms with Gasteiger partial charge in [0.2, 0.25) is 5.95 Å². The third-order valence-corrected chi connectivity index (χ3v) is 13.1. The summed E-state index contributed by atoms with van der Waals surface area (Å²) in [5.74, 6) is 1.69. The van der Waals surface area contributed by atoms with Gasteiger partial charge in [-0.25, -0.2) is 4.98 Å². The molecule has 276 valence electrons. The zero-order chi connectivity index (χ0) is 36.7. The minimum atomic E-state index is -2.73. The highest BCUT2D eigenvalue weighted by atomic mass is 79.9. The van der Waals surface area contributed by atoms with Crippen LogP contribution < -0.4 is 31.0 Å². The number of benzene rings is 2. The molecule has 3 fully saturated rings. The number of nitrogens with zero attached hydrogens (tertiary/aromatic N) is 5. The lowest BCUT2D eigenvalue weighted by Gasteiger charge is -2.43. The van der Waals surface area contributed by atoms with Crippen molar-refractivity contribution in [1.82, 2.24) is 19.8 Å². The number of aryl methyl sites for hydroxylation is 1. The summed E-state index contributed by atoms with van der Waals surface area (Å²) in [6.07, 6.45) is 4.94. The third-order valence-electron chi connectivity index (χ3n) is 11.0. The molecule has 3 saturated heterocycles. The lowest BCUT2D eigenvalue weighted by atomic mass is 9.79. The smallest absolute Gasteiger partial charge is 0.494 e. The van der Waals surface area contributed by atoms with E-state index < -0.39 is 25.5 Å². The van der Waals surface area contributed by atoms with E-state index in [0.717, 1.165) is 49.5 Å². The molecule has 0 amide bonds. The van der Waals surface area contributed by atoms with Gasteiger partial charge in [-0.15, -0.1) is 0 Å². The number of aromatic nitrogens is 2. The van der Waals surface area contributed by atoms with Crippen LogP contribution in [0.3, 0.4) is 0 Å². The molecule has 1 aromatic heterocycles. The Balaban J connectivity index is 1.20. The Morgan fingerprint density at radius 3 is 2.25 bits per heavy atom. The number of halogens is 1. The molecule has 3 aliphatic heterocycles. The highest BCUT2D eigenvalue weighted by Gasteiger charge is 2.52. The largest absolute Gasteiger partial charge is 0.494 e. The molecular weight excluding hydrogens is 728 g/mol. The van der Waals surface area contributed by atoms with Crippen LogP contribution in [0.5, 0.6) is 5.75 Å². The van der Waals surface area contributed by atoms with Crippen molar-refractivity contribution in [2.75, 3.05) is 82.3 Å². The quantitative estimate of drug-likeness (QED) is 0.185. The lowest BCUT2D eigenvalue weighted by Crippen LogP contribution is -2.52. The van der Waals surface area contributed by atoms with E-state index in [4.69, 9.17) is 19.0 Å². The predicted octanol–water partition coefficient (Wildman–Crippen LogP) is 6.06. The minimum absolute atomic E-state index is 0.411. The maximum Gasteiger partial charge on any atom is 0.494 e. The number of hydrogen-bond acceptors (Lipinski definition) is 11. The van der Waals surface area contributed by atoms with Crippen molar-refractivity contribution in [3.8, 4) is 5.75 Å². The van der Waals surface area contributed by atoms with Crippen LogP contribution in [0.25, 0.3) is 0 Å². The maximum absolute atomic E-state index is 13.6. The first-order valence-electron chi connectivity index (χ1n) is 18.1. The summed E-state index contributed by atoms with van der Waals surface area (Å²) in [4.78, 5) is 17.0. The first kappa shape index (κ1) is 38.1. The van der Waals surface area contributed by atoms with Gasteiger partial charge >= 0.3 is 7.12 Å². The Bertz CT molecular complexity index is 1760. The molecule has 0 aliphatic carbocycles. The minimum Gasteiger partial charge on any atom is -0.494 e. The van der Waals surface area contributed by atoms with Crippen LogP contribution in [0, 0.1) is 0 Å². The molecule has 11 nitrogen and oxygen atoms in total. The van der Waals surface area contributed by atoms with Gasteiger partial charge in [-0.1, -0.05) is 13.0 Å². The van der Waals surface area contributed by atoms with E-state index in [0.29, 0.717) is 33.3 Å². The fraction of sp³-hybridized carbons (Fsp3) is 0.568. The van der Waals surface area contributed by atoms with Crippen molar-refractivity contribution in [2.45, 2.75) is 71.1 Å².